The smallest absolute Gasteiger partial charge is 0.247 e. The van der Waals surface area contributed by atoms with Crippen molar-refractivity contribution < 1.29 is 22.3 Å². The average molecular weight is 486 g/mol. The molecule has 0 aliphatic carbocycles. The number of nitrogens with zero attached hydrogens (tertiary/aromatic N) is 2. The minimum Gasteiger partial charge on any atom is -0.495 e. The number of hydrogen-bond donors (Lipinski definition) is 1. The predicted molar refractivity (Wildman–Crippen MR) is 127 cm³/mol. The van der Waals surface area contributed by atoms with Gasteiger partial charge in [0.1, 0.15) is 16.3 Å². The van der Waals surface area contributed by atoms with Gasteiger partial charge in [-0.2, -0.15) is 0 Å². The molecule has 0 aliphatic rings. The van der Waals surface area contributed by atoms with Crippen molar-refractivity contribution in [2.24, 2.45) is 0 Å². The molecule has 8 nitrogen and oxygen atoms in total. The SMILES string of the molecule is COc1cc2ncc(-c3cc(F)c(OC)c(-c4ccc(=O)[nH]c4)c3)n2cc1S(=O)(=O)C(C)(C)C. The summed E-state index contributed by atoms with van der Waals surface area (Å²) in [6, 6.07) is 7.42. The molecule has 10 heteroatoms. The fourth-order valence-electron chi connectivity index (χ4n) is 3.63. The van der Waals surface area contributed by atoms with E-state index in [1.807, 2.05) is 0 Å². The first kappa shape index (κ1) is 23.5. The molecule has 0 fully saturated rings. The molecule has 4 aromatic rings. The van der Waals surface area contributed by atoms with Crippen molar-refractivity contribution in [2.45, 2.75) is 30.4 Å². The van der Waals surface area contributed by atoms with Gasteiger partial charge < -0.3 is 14.5 Å². The lowest BCUT2D eigenvalue weighted by Crippen LogP contribution is -2.28. The van der Waals surface area contributed by atoms with Gasteiger partial charge >= 0.3 is 0 Å². The Bertz CT molecular complexity index is 1550. The summed E-state index contributed by atoms with van der Waals surface area (Å²) in [4.78, 5) is 18.4. The van der Waals surface area contributed by atoms with Gasteiger partial charge in [0.25, 0.3) is 0 Å². The van der Waals surface area contributed by atoms with Crippen molar-refractivity contribution in [3.63, 3.8) is 0 Å². The van der Waals surface area contributed by atoms with Crippen molar-refractivity contribution in [3.05, 3.63) is 65.1 Å². The monoisotopic (exact) mass is 485 g/mol. The molecule has 0 radical (unpaired) electrons. The van der Waals surface area contributed by atoms with Crippen LogP contribution < -0.4 is 15.0 Å². The van der Waals surface area contributed by atoms with Crippen molar-refractivity contribution >= 4 is 15.5 Å². The maximum absolute atomic E-state index is 15.1. The molecule has 0 saturated heterocycles. The van der Waals surface area contributed by atoms with Crippen LogP contribution in [0.2, 0.25) is 0 Å². The van der Waals surface area contributed by atoms with Crippen LogP contribution in [-0.4, -0.2) is 41.8 Å². The Morgan fingerprint density at radius 1 is 1.06 bits per heavy atom. The van der Waals surface area contributed by atoms with Crippen LogP contribution in [0, 0.1) is 5.82 Å². The zero-order chi connectivity index (χ0) is 24.8. The van der Waals surface area contributed by atoms with Crippen LogP contribution in [0.25, 0.3) is 28.0 Å². The van der Waals surface area contributed by atoms with Crippen LogP contribution in [0.5, 0.6) is 11.5 Å². The van der Waals surface area contributed by atoms with E-state index in [-0.39, 0.29) is 22.0 Å². The maximum atomic E-state index is 15.1. The minimum absolute atomic E-state index is 0.00379. The van der Waals surface area contributed by atoms with Crippen molar-refractivity contribution in [1.82, 2.24) is 14.4 Å². The van der Waals surface area contributed by atoms with Gasteiger partial charge in [0.2, 0.25) is 5.56 Å². The Hall–Kier alpha value is -3.66. The molecule has 178 valence electrons. The number of rotatable bonds is 5. The van der Waals surface area contributed by atoms with E-state index < -0.39 is 20.4 Å². The predicted octanol–water partition coefficient (Wildman–Crippen LogP) is 4.09. The summed E-state index contributed by atoms with van der Waals surface area (Å²) in [5, 5.41) is 0. The lowest BCUT2D eigenvalue weighted by Gasteiger charge is -2.21. The largest absolute Gasteiger partial charge is 0.495 e. The number of halogens is 1. The van der Waals surface area contributed by atoms with Crippen LogP contribution in [0.1, 0.15) is 20.8 Å². The number of hydrogen-bond acceptors (Lipinski definition) is 6. The number of aromatic nitrogens is 3. The first-order valence-electron chi connectivity index (χ1n) is 10.3. The van der Waals surface area contributed by atoms with Gasteiger partial charge in [-0.05, 0) is 39.0 Å². The van der Waals surface area contributed by atoms with Gasteiger partial charge in [0.15, 0.2) is 21.4 Å². The lowest BCUT2D eigenvalue weighted by atomic mass is 10.0. The van der Waals surface area contributed by atoms with E-state index in [1.54, 1.807) is 37.3 Å². The fourth-order valence-corrected chi connectivity index (χ4v) is 4.94. The summed E-state index contributed by atoms with van der Waals surface area (Å²) < 4.78 is 52.7. The number of pyridine rings is 2. The van der Waals surface area contributed by atoms with Gasteiger partial charge in [-0.3, -0.25) is 9.20 Å². The van der Waals surface area contributed by atoms with E-state index in [4.69, 9.17) is 9.47 Å². The van der Waals surface area contributed by atoms with Gasteiger partial charge in [0, 0.05) is 41.2 Å². The van der Waals surface area contributed by atoms with Crippen LogP contribution in [0.4, 0.5) is 4.39 Å². The Morgan fingerprint density at radius 2 is 1.79 bits per heavy atom. The average Bonchev–Trinajstić information content (AvgIpc) is 3.20. The van der Waals surface area contributed by atoms with Crippen molar-refractivity contribution in [2.75, 3.05) is 14.2 Å². The van der Waals surface area contributed by atoms with Crippen molar-refractivity contribution in [3.8, 4) is 33.9 Å². The highest BCUT2D eigenvalue weighted by atomic mass is 32.2. The highest BCUT2D eigenvalue weighted by molar-refractivity contribution is 7.92. The zero-order valence-corrected chi connectivity index (χ0v) is 20.2. The first-order valence-corrected chi connectivity index (χ1v) is 11.8. The van der Waals surface area contributed by atoms with E-state index in [1.165, 1.54) is 51.0 Å². The molecule has 0 atom stereocenters. The second-order valence-electron chi connectivity index (χ2n) is 8.67. The molecule has 1 N–H and O–H groups in total. The molecule has 0 aliphatic heterocycles. The van der Waals surface area contributed by atoms with Gasteiger partial charge in [0.05, 0.1) is 30.9 Å². The Morgan fingerprint density at radius 3 is 2.38 bits per heavy atom. The summed E-state index contributed by atoms with van der Waals surface area (Å²) >= 11 is 0. The van der Waals surface area contributed by atoms with Gasteiger partial charge in [-0.1, -0.05) is 0 Å². The maximum Gasteiger partial charge on any atom is 0.247 e. The van der Waals surface area contributed by atoms with Crippen LogP contribution >= 0.6 is 0 Å². The minimum atomic E-state index is -3.76. The molecule has 0 saturated carbocycles. The molecule has 0 spiro atoms. The molecule has 3 aromatic heterocycles. The standard InChI is InChI=1S/C24H24FN3O5S/c1-24(2,3)34(30,31)20-13-28-18(12-26-21(28)10-19(20)32-4)15-8-16(23(33-5)17(25)9-15)14-6-7-22(29)27-11-14/h6-13H,1-5H3,(H,27,29). The lowest BCUT2D eigenvalue weighted by molar-refractivity contribution is 0.388. The van der Waals surface area contributed by atoms with E-state index in [0.717, 1.165) is 0 Å². The summed E-state index contributed by atoms with van der Waals surface area (Å²) in [6.07, 6.45) is 4.44. The van der Waals surface area contributed by atoms with E-state index in [0.29, 0.717) is 28.0 Å². The van der Waals surface area contributed by atoms with Crippen LogP contribution in [0.15, 0.2) is 58.6 Å². The first-order chi connectivity index (χ1) is 16.0. The number of ether oxygens (including phenoxy) is 2. The summed E-state index contributed by atoms with van der Waals surface area (Å²) in [5.74, 6) is -0.427. The molecular formula is C24H24FN3O5S. The molecule has 1 aromatic carbocycles. The number of benzene rings is 1. The quantitative estimate of drug-likeness (QED) is 0.457. The number of methoxy groups -OCH3 is 2. The van der Waals surface area contributed by atoms with Crippen LogP contribution in [-0.2, 0) is 9.84 Å². The summed E-state index contributed by atoms with van der Waals surface area (Å²) in [5.41, 5.74) is 2.01. The fraction of sp³-hybridized carbons (Fsp3) is 0.250. The van der Waals surface area contributed by atoms with E-state index in [9.17, 15) is 13.2 Å². The topological polar surface area (TPSA) is 103 Å². The Balaban J connectivity index is 1.98. The number of nitrogens with one attached hydrogen (secondary N) is 1. The third-order valence-electron chi connectivity index (χ3n) is 5.53. The third-order valence-corrected chi connectivity index (χ3v) is 8.03. The highest BCUT2D eigenvalue weighted by Gasteiger charge is 2.34. The number of fused-ring (bicyclic) bond motifs is 1. The molecule has 0 bridgehead atoms. The number of aromatic amines is 1. The molecule has 4 rings (SSSR count). The number of imidazole rings is 1. The van der Waals surface area contributed by atoms with E-state index >= 15 is 4.39 Å². The highest BCUT2D eigenvalue weighted by Crippen LogP contribution is 2.38. The normalized spacial score (nSPS) is 12.2. The molecule has 3 heterocycles. The van der Waals surface area contributed by atoms with Gasteiger partial charge in [-0.25, -0.2) is 17.8 Å². The third kappa shape index (κ3) is 3.83. The number of H-pyrrole nitrogens is 1. The van der Waals surface area contributed by atoms with Gasteiger partial charge in [-0.15, -0.1) is 0 Å². The second-order valence-corrected chi connectivity index (χ2v) is 11.3. The Kier molecular flexibility index (Phi) is 5.72. The molecule has 0 amide bonds. The zero-order valence-electron chi connectivity index (χ0n) is 19.3. The molecular weight excluding hydrogens is 461 g/mol. The second kappa shape index (κ2) is 8.28. The van der Waals surface area contributed by atoms with E-state index in [2.05, 4.69) is 9.97 Å². The van der Waals surface area contributed by atoms with Crippen LogP contribution in [0.3, 0.4) is 0 Å². The number of sulfone groups is 1. The summed E-state index contributed by atoms with van der Waals surface area (Å²) in [7, 11) is -1.01. The Labute approximate surface area is 195 Å². The molecule has 34 heavy (non-hydrogen) atoms. The molecule has 0 unspecified atom stereocenters. The van der Waals surface area contributed by atoms with Crippen molar-refractivity contribution in [1.29, 1.82) is 0 Å². The summed E-state index contributed by atoms with van der Waals surface area (Å²) in [6.45, 7) is 4.82.